The van der Waals surface area contributed by atoms with Crippen LogP contribution in [-0.2, 0) is 15.9 Å². The number of aromatic nitrogens is 1. The minimum Gasteiger partial charge on any atom is -0.381 e. The summed E-state index contributed by atoms with van der Waals surface area (Å²) >= 11 is 3.45. The molecule has 0 radical (unpaired) electrons. The molecule has 112 valence electrons. The molecule has 3 N–H and O–H groups in total. The molecule has 0 amide bonds. The maximum absolute atomic E-state index is 6.07. The van der Waals surface area contributed by atoms with Crippen molar-refractivity contribution in [3.63, 3.8) is 0 Å². The Morgan fingerprint density at radius 2 is 2.25 bits per heavy atom. The number of hydrogen-bond donors (Lipinski definition) is 2. The first-order valence-corrected chi connectivity index (χ1v) is 7.77. The van der Waals surface area contributed by atoms with Crippen LogP contribution in [0.5, 0.6) is 0 Å². The summed E-state index contributed by atoms with van der Waals surface area (Å²) in [5, 5.41) is 0. The van der Waals surface area contributed by atoms with E-state index < -0.39 is 0 Å². The molecular weight excluding hydrogens is 322 g/mol. The van der Waals surface area contributed by atoms with E-state index in [1.165, 1.54) is 0 Å². The van der Waals surface area contributed by atoms with Gasteiger partial charge < -0.3 is 9.47 Å². The van der Waals surface area contributed by atoms with Crippen molar-refractivity contribution in [1.29, 1.82) is 0 Å². The number of halogens is 1. The Bertz CT molecular complexity index is 419. The number of hydrazine groups is 1. The molecule has 1 aliphatic rings. The van der Waals surface area contributed by atoms with Crippen molar-refractivity contribution in [2.45, 2.75) is 37.8 Å². The van der Waals surface area contributed by atoms with E-state index >= 15 is 0 Å². The lowest BCUT2D eigenvalue weighted by atomic mass is 9.83. The zero-order chi connectivity index (χ0) is 14.4. The van der Waals surface area contributed by atoms with Crippen LogP contribution >= 0.6 is 15.9 Å². The molecule has 1 aliphatic heterocycles. The molecule has 2 heterocycles. The molecule has 1 aromatic rings. The Balaban J connectivity index is 2.15. The molecule has 2 rings (SSSR count). The number of rotatable bonds is 6. The SMILES string of the molecule is CCOC1(C(Cc2cncc(Br)c2)NN)CCOCC1. The second-order valence-electron chi connectivity index (χ2n) is 5.04. The highest BCUT2D eigenvalue weighted by molar-refractivity contribution is 9.10. The van der Waals surface area contributed by atoms with Gasteiger partial charge >= 0.3 is 0 Å². The average Bonchev–Trinajstić information content (AvgIpc) is 2.46. The topological polar surface area (TPSA) is 69.4 Å². The van der Waals surface area contributed by atoms with E-state index in [9.17, 15) is 0 Å². The Morgan fingerprint density at radius 1 is 1.50 bits per heavy atom. The van der Waals surface area contributed by atoms with Crippen LogP contribution in [-0.4, -0.2) is 36.4 Å². The van der Waals surface area contributed by atoms with Crippen LogP contribution < -0.4 is 11.3 Å². The molecule has 6 heteroatoms. The van der Waals surface area contributed by atoms with Crippen molar-refractivity contribution in [2.24, 2.45) is 5.84 Å². The van der Waals surface area contributed by atoms with Gasteiger partial charge in [0.15, 0.2) is 0 Å². The molecule has 20 heavy (non-hydrogen) atoms. The van der Waals surface area contributed by atoms with Gasteiger partial charge in [0, 0.05) is 49.5 Å². The van der Waals surface area contributed by atoms with Gasteiger partial charge in [0.05, 0.1) is 11.6 Å². The molecule has 0 bridgehead atoms. The van der Waals surface area contributed by atoms with Crippen molar-refractivity contribution in [3.8, 4) is 0 Å². The number of nitrogens with zero attached hydrogens (tertiary/aromatic N) is 1. The van der Waals surface area contributed by atoms with Gasteiger partial charge in [0.1, 0.15) is 0 Å². The first-order valence-electron chi connectivity index (χ1n) is 6.97. The van der Waals surface area contributed by atoms with Crippen LogP contribution in [0.1, 0.15) is 25.3 Å². The summed E-state index contributed by atoms with van der Waals surface area (Å²) < 4.78 is 12.5. The van der Waals surface area contributed by atoms with Crippen LogP contribution in [0.15, 0.2) is 22.9 Å². The van der Waals surface area contributed by atoms with Crippen molar-refractivity contribution < 1.29 is 9.47 Å². The smallest absolute Gasteiger partial charge is 0.0895 e. The minimum atomic E-state index is -0.260. The van der Waals surface area contributed by atoms with Gasteiger partial charge in [0.25, 0.3) is 0 Å². The van der Waals surface area contributed by atoms with Crippen LogP contribution in [0.2, 0.25) is 0 Å². The van der Waals surface area contributed by atoms with Crippen LogP contribution in [0.25, 0.3) is 0 Å². The van der Waals surface area contributed by atoms with Gasteiger partial charge in [-0.3, -0.25) is 16.3 Å². The second kappa shape index (κ2) is 7.47. The molecule has 5 nitrogen and oxygen atoms in total. The predicted octanol–water partition coefficient (Wildman–Crippen LogP) is 1.80. The largest absolute Gasteiger partial charge is 0.381 e. The lowest BCUT2D eigenvalue weighted by Crippen LogP contribution is -2.58. The van der Waals surface area contributed by atoms with E-state index in [4.69, 9.17) is 15.3 Å². The maximum Gasteiger partial charge on any atom is 0.0895 e. The van der Waals surface area contributed by atoms with Gasteiger partial charge in [0.2, 0.25) is 0 Å². The molecule has 0 spiro atoms. The summed E-state index contributed by atoms with van der Waals surface area (Å²) in [6.45, 7) is 4.13. The van der Waals surface area contributed by atoms with Crippen molar-refractivity contribution in [2.75, 3.05) is 19.8 Å². The number of nitrogens with one attached hydrogen (secondary N) is 1. The summed E-state index contributed by atoms with van der Waals surface area (Å²) in [4.78, 5) is 4.20. The number of ether oxygens (including phenoxy) is 2. The monoisotopic (exact) mass is 343 g/mol. The fourth-order valence-corrected chi connectivity index (χ4v) is 3.21. The van der Waals surface area contributed by atoms with E-state index in [2.05, 4.69) is 32.4 Å². The summed E-state index contributed by atoms with van der Waals surface area (Å²) in [5.41, 5.74) is 3.81. The maximum atomic E-state index is 6.07. The van der Waals surface area contributed by atoms with Crippen LogP contribution in [0.4, 0.5) is 0 Å². The summed E-state index contributed by atoms with van der Waals surface area (Å²) in [7, 11) is 0. The van der Waals surface area contributed by atoms with E-state index in [-0.39, 0.29) is 11.6 Å². The summed E-state index contributed by atoms with van der Waals surface area (Å²) in [6, 6.07) is 2.11. The van der Waals surface area contributed by atoms with Gasteiger partial charge in [-0.15, -0.1) is 0 Å². The highest BCUT2D eigenvalue weighted by Gasteiger charge is 2.40. The predicted molar refractivity (Wildman–Crippen MR) is 81.2 cm³/mol. The molecule has 0 aromatic carbocycles. The highest BCUT2D eigenvalue weighted by Crippen LogP contribution is 2.30. The lowest BCUT2D eigenvalue weighted by molar-refractivity contribution is -0.126. The van der Waals surface area contributed by atoms with E-state index in [0.717, 1.165) is 42.5 Å². The standard InChI is InChI=1S/C14H22BrN3O2/c1-2-20-14(3-5-19-6-4-14)13(18-16)8-11-7-12(15)10-17-9-11/h7,9-10,13,18H,2-6,8,16H2,1H3. The van der Waals surface area contributed by atoms with Gasteiger partial charge in [-0.2, -0.15) is 0 Å². The Labute approximate surface area is 128 Å². The normalized spacial score (nSPS) is 19.8. The third-order valence-corrected chi connectivity index (χ3v) is 4.24. The summed E-state index contributed by atoms with van der Waals surface area (Å²) in [5.74, 6) is 5.80. The van der Waals surface area contributed by atoms with E-state index in [0.29, 0.717) is 6.61 Å². The molecule has 1 aromatic heterocycles. The number of pyridine rings is 1. The highest BCUT2D eigenvalue weighted by atomic mass is 79.9. The first-order chi connectivity index (χ1) is 9.70. The Hall–Kier alpha value is -0.530. The zero-order valence-corrected chi connectivity index (χ0v) is 13.4. The molecule has 1 atom stereocenters. The molecule has 1 unspecified atom stereocenters. The van der Waals surface area contributed by atoms with Crippen LogP contribution in [0.3, 0.4) is 0 Å². The number of hydrogen-bond acceptors (Lipinski definition) is 5. The Morgan fingerprint density at radius 3 is 2.85 bits per heavy atom. The molecule has 0 aliphatic carbocycles. The molecular formula is C14H22BrN3O2. The molecule has 0 saturated carbocycles. The molecule has 1 saturated heterocycles. The Kier molecular flexibility index (Phi) is 5.92. The van der Waals surface area contributed by atoms with Crippen molar-refractivity contribution in [3.05, 3.63) is 28.5 Å². The average molecular weight is 344 g/mol. The van der Waals surface area contributed by atoms with Crippen molar-refractivity contribution >= 4 is 15.9 Å². The molecule has 1 fully saturated rings. The zero-order valence-electron chi connectivity index (χ0n) is 11.8. The van der Waals surface area contributed by atoms with Gasteiger partial charge in [-0.05, 0) is 40.9 Å². The van der Waals surface area contributed by atoms with E-state index in [1.807, 2.05) is 13.1 Å². The quantitative estimate of drug-likeness (QED) is 0.608. The third-order valence-electron chi connectivity index (χ3n) is 3.81. The van der Waals surface area contributed by atoms with Gasteiger partial charge in [-0.1, -0.05) is 0 Å². The minimum absolute atomic E-state index is 0.0439. The summed E-state index contributed by atoms with van der Waals surface area (Å²) in [6.07, 6.45) is 6.15. The first kappa shape index (κ1) is 15.9. The van der Waals surface area contributed by atoms with Gasteiger partial charge in [-0.25, -0.2) is 0 Å². The fourth-order valence-electron chi connectivity index (χ4n) is 2.80. The third kappa shape index (κ3) is 3.77. The lowest BCUT2D eigenvalue weighted by Gasteiger charge is -2.42. The number of nitrogens with two attached hydrogens (primary N) is 1. The second-order valence-corrected chi connectivity index (χ2v) is 5.96. The van der Waals surface area contributed by atoms with Crippen molar-refractivity contribution in [1.82, 2.24) is 10.4 Å². The van der Waals surface area contributed by atoms with Crippen LogP contribution in [0, 0.1) is 0 Å². The van der Waals surface area contributed by atoms with E-state index in [1.54, 1.807) is 6.20 Å². The fraction of sp³-hybridized carbons (Fsp3) is 0.643.